The molecule has 92 heavy (non-hydrogen) atoms. The first kappa shape index (κ1) is 55.4. The van der Waals surface area contributed by atoms with Crippen molar-refractivity contribution in [3.63, 3.8) is 0 Å². The van der Waals surface area contributed by atoms with Crippen molar-refractivity contribution in [2.45, 2.75) is 6.18 Å². The molecule has 6 aromatic heterocycles. The van der Waals surface area contributed by atoms with Gasteiger partial charge >= 0.3 is 6.18 Å². The maximum Gasteiger partial charge on any atom is 0.420 e. The minimum absolute atomic E-state index is 0.0388. The molecular formula is C81H49F5N6. The second kappa shape index (κ2) is 22.6. The van der Waals surface area contributed by atoms with E-state index < -0.39 is 23.4 Å². The first-order chi connectivity index (χ1) is 45.0. The van der Waals surface area contributed by atoms with Gasteiger partial charge in [0.2, 0.25) is 0 Å². The van der Waals surface area contributed by atoms with Gasteiger partial charge in [0.15, 0.2) is 0 Å². The minimum atomic E-state index is -5.06. The maximum absolute atomic E-state index is 17.4. The summed E-state index contributed by atoms with van der Waals surface area (Å²) in [7, 11) is 0. The van der Waals surface area contributed by atoms with Crippen LogP contribution in [-0.2, 0) is 6.18 Å². The van der Waals surface area contributed by atoms with E-state index in [-0.39, 0.29) is 22.5 Å². The lowest BCUT2D eigenvalue weighted by Crippen LogP contribution is -2.16. The van der Waals surface area contributed by atoms with E-state index in [2.05, 4.69) is 0 Å². The molecule has 16 rings (SSSR count). The van der Waals surface area contributed by atoms with Gasteiger partial charge in [0.25, 0.3) is 0 Å². The van der Waals surface area contributed by atoms with Crippen LogP contribution in [0.1, 0.15) is 5.56 Å². The summed E-state index contributed by atoms with van der Waals surface area (Å²) in [5.74, 6) is -1.77. The fourth-order valence-corrected chi connectivity index (χ4v) is 12.8. The van der Waals surface area contributed by atoms with E-state index in [0.717, 1.165) is 85.5 Å². The van der Waals surface area contributed by atoms with Crippen LogP contribution in [0.3, 0.4) is 0 Å². The van der Waals surface area contributed by atoms with Crippen LogP contribution in [0.4, 0.5) is 22.0 Å². The lowest BCUT2D eigenvalue weighted by atomic mass is 9.98. The number of hydrogen-bond donors (Lipinski definition) is 0. The first-order valence-electron chi connectivity index (χ1n) is 30.0. The second-order valence-corrected chi connectivity index (χ2v) is 22.7. The lowest BCUT2D eigenvalue weighted by molar-refractivity contribution is -0.137. The Kier molecular flexibility index (Phi) is 13.6. The lowest BCUT2D eigenvalue weighted by Gasteiger charge is -2.23. The number of nitrogens with zero attached hydrogens (tertiary/aromatic N) is 6. The van der Waals surface area contributed by atoms with E-state index in [1.807, 2.05) is 267 Å². The summed E-state index contributed by atoms with van der Waals surface area (Å²) < 4.78 is 87.0. The van der Waals surface area contributed by atoms with Crippen molar-refractivity contribution in [3.8, 4) is 113 Å². The summed E-state index contributed by atoms with van der Waals surface area (Å²) >= 11 is 0. The molecule has 0 amide bonds. The molecule has 11 heteroatoms. The van der Waals surface area contributed by atoms with E-state index in [9.17, 15) is 0 Å². The number of aromatic nitrogens is 6. The highest BCUT2D eigenvalue weighted by Gasteiger charge is 2.40. The zero-order valence-electron chi connectivity index (χ0n) is 48.9. The Morgan fingerprint density at radius 3 is 0.739 bits per heavy atom. The Hall–Kier alpha value is -12.0. The molecule has 0 fully saturated rings. The number of fused-ring (bicyclic) bond motifs is 6. The number of benzene rings is 10. The van der Waals surface area contributed by atoms with Crippen molar-refractivity contribution in [1.29, 1.82) is 0 Å². The van der Waals surface area contributed by atoms with E-state index in [4.69, 9.17) is 19.9 Å². The van der Waals surface area contributed by atoms with Gasteiger partial charge in [0.1, 0.15) is 17.2 Å². The van der Waals surface area contributed by atoms with E-state index >= 15 is 22.0 Å². The van der Waals surface area contributed by atoms with Crippen LogP contribution in [0.5, 0.6) is 0 Å². The summed E-state index contributed by atoms with van der Waals surface area (Å²) in [6.07, 6.45) is -5.06. The smallest absolute Gasteiger partial charge is 0.309 e. The summed E-state index contributed by atoms with van der Waals surface area (Å²) in [5.41, 5.74) is 12.7. The molecule has 10 aromatic carbocycles. The van der Waals surface area contributed by atoms with Crippen LogP contribution in [0.2, 0.25) is 0 Å². The largest absolute Gasteiger partial charge is 0.420 e. The first-order valence-corrected chi connectivity index (χ1v) is 30.0. The van der Waals surface area contributed by atoms with Crippen LogP contribution >= 0.6 is 0 Å². The van der Waals surface area contributed by atoms with Crippen molar-refractivity contribution >= 4 is 43.6 Å². The van der Waals surface area contributed by atoms with Gasteiger partial charge in [-0.05, 0) is 132 Å². The van der Waals surface area contributed by atoms with Crippen LogP contribution in [-0.4, -0.2) is 29.1 Å². The van der Waals surface area contributed by atoms with E-state index in [0.29, 0.717) is 66.4 Å². The third-order valence-electron chi connectivity index (χ3n) is 17.0. The number of alkyl halides is 3. The fraction of sp³-hybridized carbons (Fsp3) is 0.0123. The van der Waals surface area contributed by atoms with Crippen LogP contribution < -0.4 is 0 Å². The number of rotatable bonds is 11. The Morgan fingerprint density at radius 2 is 0.478 bits per heavy atom. The molecule has 0 radical (unpaired) electrons. The van der Waals surface area contributed by atoms with Gasteiger partial charge in [0, 0.05) is 72.1 Å². The Labute approximate surface area is 525 Å². The van der Waals surface area contributed by atoms with Gasteiger partial charge in [-0.3, -0.25) is 0 Å². The highest BCUT2D eigenvalue weighted by molar-refractivity contribution is 6.14. The van der Waals surface area contributed by atoms with Crippen molar-refractivity contribution in [1.82, 2.24) is 29.1 Å². The predicted octanol–water partition coefficient (Wildman–Crippen LogP) is 21.8. The standard InChI is InChI=1S/C81H49F5N6/c82-60-41-58(42-61(83)49-60)59-47-78(91-74-37-33-54(70-29-13-25-66(87-70)50-17-5-1-6-18-50)43-62(74)63-44-55(34-38-75(63)91)71-30-14-26-67(88-71)51-19-7-2-8-20-51)80(81(84,85)86)79(48-59)92-76-39-35-56(72-31-15-27-68(89-72)52-21-9-3-10-22-52)45-64(76)65-46-57(36-40-77(65)92)73-32-16-28-69(90-73)53-23-11-4-12-24-53/h1-49H. The summed E-state index contributed by atoms with van der Waals surface area (Å²) in [6.45, 7) is 0. The number of pyridine rings is 4. The summed E-state index contributed by atoms with van der Waals surface area (Å²) in [5, 5.41) is 2.53. The number of halogens is 5. The average Bonchev–Trinajstić information content (AvgIpc) is 1.53. The molecule has 0 unspecified atom stereocenters. The van der Waals surface area contributed by atoms with Crippen LogP contribution in [0.25, 0.3) is 156 Å². The van der Waals surface area contributed by atoms with Gasteiger partial charge in [-0.2, -0.15) is 13.2 Å². The molecule has 16 aromatic rings. The average molecular weight is 1200 g/mol. The Bertz CT molecular complexity index is 4920. The molecule has 0 aliphatic heterocycles. The Morgan fingerprint density at radius 1 is 0.228 bits per heavy atom. The quantitative estimate of drug-likeness (QED) is 0.121. The molecule has 6 nitrogen and oxygen atoms in total. The number of hydrogen-bond acceptors (Lipinski definition) is 4. The zero-order chi connectivity index (χ0) is 62.0. The third kappa shape index (κ3) is 10.1. The molecule has 0 bridgehead atoms. The van der Waals surface area contributed by atoms with Crippen LogP contribution in [0.15, 0.2) is 297 Å². The zero-order valence-corrected chi connectivity index (χ0v) is 48.9. The maximum atomic E-state index is 17.4. The van der Waals surface area contributed by atoms with Gasteiger partial charge in [0.05, 0.1) is 79.0 Å². The predicted molar refractivity (Wildman–Crippen MR) is 360 cm³/mol. The van der Waals surface area contributed by atoms with Crippen molar-refractivity contribution in [2.24, 2.45) is 0 Å². The van der Waals surface area contributed by atoms with Gasteiger partial charge in [-0.25, -0.2) is 28.7 Å². The highest BCUT2D eigenvalue weighted by atomic mass is 19.4. The molecule has 438 valence electrons. The fourth-order valence-electron chi connectivity index (χ4n) is 12.8. The Balaban J connectivity index is 0.972. The molecule has 0 spiro atoms. The third-order valence-corrected chi connectivity index (χ3v) is 17.0. The van der Waals surface area contributed by atoms with Gasteiger partial charge in [-0.15, -0.1) is 0 Å². The molecule has 0 saturated heterocycles. The molecule has 0 saturated carbocycles. The SMILES string of the molecule is Fc1cc(F)cc(-c2cc(-n3c4ccc(-c5cccc(-c6ccccc6)n5)cc4c4cc(-c5cccc(-c6ccccc6)n5)ccc43)c(C(F)(F)F)c(-n3c4ccc(-c5cccc(-c6ccccc6)n5)cc4c4cc(-c5cccc(-c6ccccc6)n5)ccc43)c2)c1. The van der Waals surface area contributed by atoms with Crippen molar-refractivity contribution < 1.29 is 22.0 Å². The molecule has 0 N–H and O–H groups in total. The van der Waals surface area contributed by atoms with Crippen molar-refractivity contribution in [2.75, 3.05) is 0 Å². The van der Waals surface area contributed by atoms with Crippen LogP contribution in [0, 0.1) is 11.6 Å². The molecule has 0 aliphatic rings. The minimum Gasteiger partial charge on any atom is -0.309 e. The van der Waals surface area contributed by atoms with E-state index in [1.165, 1.54) is 12.1 Å². The summed E-state index contributed by atoms with van der Waals surface area (Å²) in [6, 6.07) is 91.1. The highest BCUT2D eigenvalue weighted by Crippen LogP contribution is 2.48. The topological polar surface area (TPSA) is 61.4 Å². The molecule has 0 atom stereocenters. The van der Waals surface area contributed by atoms with Gasteiger partial charge in [-0.1, -0.05) is 170 Å². The normalized spacial score (nSPS) is 11.8. The second-order valence-electron chi connectivity index (χ2n) is 22.7. The molecule has 6 heterocycles. The summed E-state index contributed by atoms with van der Waals surface area (Å²) in [4.78, 5) is 20.4. The monoisotopic (exact) mass is 1200 g/mol. The molecular weight excluding hydrogens is 1150 g/mol. The van der Waals surface area contributed by atoms with E-state index in [1.54, 1.807) is 9.13 Å². The van der Waals surface area contributed by atoms with Crippen molar-refractivity contribution in [3.05, 3.63) is 314 Å². The molecule has 0 aliphatic carbocycles. The van der Waals surface area contributed by atoms with Gasteiger partial charge < -0.3 is 9.13 Å².